The van der Waals surface area contributed by atoms with Gasteiger partial charge in [-0.3, -0.25) is 5.10 Å². The highest BCUT2D eigenvalue weighted by Gasteiger charge is 2.55. The Kier molecular flexibility index (Phi) is 9.61. The number of aromatic amines is 1. The Morgan fingerprint density at radius 1 is 1.07 bits per heavy atom. The van der Waals surface area contributed by atoms with Crippen LogP contribution in [0.2, 0.25) is 36.3 Å². The number of fused-ring (bicyclic) bond motifs is 3. The molecule has 9 heteroatoms. The summed E-state index contributed by atoms with van der Waals surface area (Å²) in [4.78, 5) is 11.7. The number of amides is 1. The first-order valence-electron chi connectivity index (χ1n) is 16.6. The summed E-state index contributed by atoms with van der Waals surface area (Å²) in [6.45, 7) is 27.2. The molecular weight excluding hydrogens is 559 g/mol. The fourth-order valence-electron chi connectivity index (χ4n) is 8.07. The molecule has 42 heavy (non-hydrogen) atoms. The van der Waals surface area contributed by atoms with E-state index in [0.717, 1.165) is 51.6 Å². The zero-order chi connectivity index (χ0) is 31.3. The Morgan fingerprint density at radius 2 is 1.74 bits per heavy atom. The van der Waals surface area contributed by atoms with Crippen molar-refractivity contribution in [2.24, 2.45) is 29.6 Å². The SMILES string of the molecule is CC(C)(C)[Si](C)(C)OCC[C@H]1C[C@@H](O[Si](C)(C)C(C)(C)C)CC[C@@H]1[C@@H]1CC[C@]2(C)c3[nH]ncc3C[C@H]2[C@@H]1CNC(=O)O. The first-order valence-corrected chi connectivity index (χ1v) is 22.4. The van der Waals surface area contributed by atoms with Crippen LogP contribution in [0.1, 0.15) is 98.2 Å². The number of carbonyl (C=O) groups is 1. The highest BCUT2D eigenvalue weighted by atomic mass is 28.4. The number of nitrogens with one attached hydrogen (secondary N) is 2. The van der Waals surface area contributed by atoms with Gasteiger partial charge in [0.2, 0.25) is 0 Å². The van der Waals surface area contributed by atoms with E-state index in [1.54, 1.807) is 0 Å². The maximum atomic E-state index is 11.7. The van der Waals surface area contributed by atoms with Crippen molar-refractivity contribution < 1.29 is 18.8 Å². The summed E-state index contributed by atoms with van der Waals surface area (Å²) in [5.74, 6) is 2.33. The van der Waals surface area contributed by atoms with E-state index in [4.69, 9.17) is 8.85 Å². The van der Waals surface area contributed by atoms with Gasteiger partial charge in [-0.1, -0.05) is 48.5 Å². The van der Waals surface area contributed by atoms with Gasteiger partial charge in [0.25, 0.3) is 0 Å². The molecule has 3 aliphatic rings. The molecule has 4 rings (SSSR count). The molecule has 0 aromatic carbocycles. The zero-order valence-electron chi connectivity index (χ0n) is 28.5. The van der Waals surface area contributed by atoms with E-state index in [1.807, 2.05) is 6.20 Å². The molecule has 2 saturated carbocycles. The van der Waals surface area contributed by atoms with Gasteiger partial charge in [-0.25, -0.2) is 4.79 Å². The summed E-state index contributed by atoms with van der Waals surface area (Å²) in [7, 11) is -3.71. The smallest absolute Gasteiger partial charge is 0.404 e. The van der Waals surface area contributed by atoms with Crippen LogP contribution in [0.5, 0.6) is 0 Å². The molecule has 0 aliphatic heterocycles. The molecule has 0 unspecified atom stereocenters. The number of rotatable bonds is 9. The van der Waals surface area contributed by atoms with Crippen LogP contribution in [0.3, 0.4) is 0 Å². The topological polar surface area (TPSA) is 96.5 Å². The number of carboxylic acid groups (broad SMARTS) is 1. The molecule has 1 amide bonds. The predicted octanol–water partition coefficient (Wildman–Crippen LogP) is 8.35. The number of H-pyrrole nitrogens is 1. The Hall–Kier alpha value is -1.17. The van der Waals surface area contributed by atoms with E-state index >= 15 is 0 Å². The van der Waals surface area contributed by atoms with E-state index in [0.29, 0.717) is 42.2 Å². The highest BCUT2D eigenvalue weighted by molar-refractivity contribution is 6.74. The molecule has 0 radical (unpaired) electrons. The maximum Gasteiger partial charge on any atom is 0.404 e. The third-order valence-corrected chi connectivity index (χ3v) is 21.7. The maximum absolute atomic E-state index is 11.7. The van der Waals surface area contributed by atoms with Gasteiger partial charge in [-0.2, -0.15) is 5.10 Å². The van der Waals surface area contributed by atoms with E-state index in [1.165, 1.54) is 11.3 Å². The normalized spacial score (nSPS) is 32.4. The van der Waals surface area contributed by atoms with Crippen LogP contribution in [0.4, 0.5) is 4.79 Å². The van der Waals surface area contributed by atoms with Crippen molar-refractivity contribution in [2.45, 2.75) is 141 Å². The van der Waals surface area contributed by atoms with Crippen LogP contribution in [-0.4, -0.2) is 57.3 Å². The van der Waals surface area contributed by atoms with Gasteiger partial charge in [0.1, 0.15) is 0 Å². The number of aromatic nitrogens is 2. The quantitative estimate of drug-likeness (QED) is 0.241. The van der Waals surface area contributed by atoms with Crippen molar-refractivity contribution in [2.75, 3.05) is 13.2 Å². The second-order valence-electron chi connectivity index (χ2n) is 17.2. The molecular formula is C33H61N3O4Si2. The molecule has 0 spiro atoms. The summed E-state index contributed by atoms with van der Waals surface area (Å²) in [5, 5.41) is 20.6. The number of hydrogen-bond donors (Lipinski definition) is 3. The van der Waals surface area contributed by atoms with E-state index in [2.05, 4.69) is 90.2 Å². The third-order valence-electron chi connectivity index (χ3n) is 12.7. The van der Waals surface area contributed by atoms with E-state index < -0.39 is 22.7 Å². The number of nitrogens with zero attached hydrogens (tertiary/aromatic N) is 1. The van der Waals surface area contributed by atoms with Crippen LogP contribution in [-0.2, 0) is 20.7 Å². The van der Waals surface area contributed by atoms with Gasteiger partial charge in [-0.15, -0.1) is 0 Å². The van der Waals surface area contributed by atoms with Crippen LogP contribution < -0.4 is 5.32 Å². The minimum Gasteiger partial charge on any atom is -0.465 e. The summed E-state index contributed by atoms with van der Waals surface area (Å²) in [6.07, 6.45) is 9.09. The van der Waals surface area contributed by atoms with E-state index in [9.17, 15) is 9.90 Å². The second kappa shape index (κ2) is 12.0. The second-order valence-corrected chi connectivity index (χ2v) is 26.8. The highest BCUT2D eigenvalue weighted by Crippen LogP contribution is 2.58. The minimum atomic E-state index is -1.87. The van der Waals surface area contributed by atoms with Crippen molar-refractivity contribution in [3.05, 3.63) is 17.5 Å². The van der Waals surface area contributed by atoms with Crippen LogP contribution >= 0.6 is 0 Å². The monoisotopic (exact) mass is 619 g/mol. The van der Waals surface area contributed by atoms with Gasteiger partial charge >= 0.3 is 6.09 Å². The third kappa shape index (κ3) is 6.74. The van der Waals surface area contributed by atoms with Gasteiger partial charge in [0.15, 0.2) is 16.6 Å². The molecule has 2 fully saturated rings. The lowest BCUT2D eigenvalue weighted by atomic mass is 9.54. The van der Waals surface area contributed by atoms with Crippen molar-refractivity contribution in [1.29, 1.82) is 0 Å². The van der Waals surface area contributed by atoms with Crippen LogP contribution in [0.25, 0.3) is 0 Å². The Labute approximate surface area is 258 Å². The molecule has 1 aromatic rings. The van der Waals surface area contributed by atoms with Gasteiger partial charge in [0, 0.05) is 30.4 Å². The predicted molar refractivity (Wildman–Crippen MR) is 176 cm³/mol. The summed E-state index contributed by atoms with van der Waals surface area (Å²) in [6, 6.07) is 0. The first-order chi connectivity index (χ1) is 19.3. The lowest BCUT2D eigenvalue weighted by Gasteiger charge is -2.52. The number of hydrogen-bond acceptors (Lipinski definition) is 4. The fourth-order valence-corrected chi connectivity index (χ4v) is 10.5. The van der Waals surface area contributed by atoms with Gasteiger partial charge < -0.3 is 19.3 Å². The van der Waals surface area contributed by atoms with Crippen LogP contribution in [0, 0.1) is 29.6 Å². The molecule has 240 valence electrons. The van der Waals surface area contributed by atoms with Crippen molar-refractivity contribution in [3.63, 3.8) is 0 Å². The Morgan fingerprint density at radius 3 is 2.36 bits per heavy atom. The molecule has 3 N–H and O–H groups in total. The lowest BCUT2D eigenvalue weighted by Crippen LogP contribution is -2.51. The largest absolute Gasteiger partial charge is 0.465 e. The molecule has 1 heterocycles. The lowest BCUT2D eigenvalue weighted by molar-refractivity contribution is -0.0180. The zero-order valence-corrected chi connectivity index (χ0v) is 30.5. The summed E-state index contributed by atoms with van der Waals surface area (Å²) in [5.41, 5.74) is 2.66. The molecule has 7 atom stereocenters. The van der Waals surface area contributed by atoms with Crippen LogP contribution in [0.15, 0.2) is 6.20 Å². The van der Waals surface area contributed by atoms with Crippen molar-refractivity contribution in [3.8, 4) is 0 Å². The fraction of sp³-hybridized carbons (Fsp3) is 0.879. The summed E-state index contributed by atoms with van der Waals surface area (Å²) >= 11 is 0. The van der Waals surface area contributed by atoms with E-state index in [-0.39, 0.29) is 15.5 Å². The average Bonchev–Trinajstić information content (AvgIpc) is 3.42. The molecule has 3 aliphatic carbocycles. The standard InChI is InChI=1S/C33H61N3O4Si2/c1-31(2,3)41(8,9)39-17-15-22-18-24(40-42(10,11)32(4,5)6)12-13-25(22)26-14-16-33(7)28(27(26)21-34-30(37)38)19-23-20-35-36-29(23)33/h20,22,24-28,34H,12-19,21H2,1-11H3,(H,35,36)(H,37,38)/t22-,24-,25-,26-,27+,28-,33-/m0/s1. The van der Waals surface area contributed by atoms with Gasteiger partial charge in [0.05, 0.1) is 6.20 Å². The summed E-state index contributed by atoms with van der Waals surface area (Å²) < 4.78 is 13.8. The Balaban J connectivity index is 1.58. The molecule has 7 nitrogen and oxygen atoms in total. The first kappa shape index (κ1) is 33.7. The van der Waals surface area contributed by atoms with Crippen molar-refractivity contribution in [1.82, 2.24) is 15.5 Å². The molecule has 0 saturated heterocycles. The minimum absolute atomic E-state index is 0.0385. The van der Waals surface area contributed by atoms with Gasteiger partial charge in [-0.05, 0) is 116 Å². The average molecular weight is 620 g/mol. The molecule has 0 bridgehead atoms. The molecule has 1 aromatic heterocycles. The van der Waals surface area contributed by atoms with Crippen molar-refractivity contribution >= 4 is 22.7 Å². The Bertz CT molecular complexity index is 1090.